The molecule has 22 heavy (non-hydrogen) atoms. The van der Waals surface area contributed by atoms with Gasteiger partial charge in [-0.2, -0.15) is 5.10 Å². The molecule has 0 saturated heterocycles. The fourth-order valence-electron chi connectivity index (χ4n) is 1.66. The summed E-state index contributed by atoms with van der Waals surface area (Å²) in [4.78, 5) is 11.8. The highest BCUT2D eigenvalue weighted by Gasteiger charge is 2.03. The second-order valence-corrected chi connectivity index (χ2v) is 4.99. The van der Waals surface area contributed by atoms with E-state index in [1.807, 2.05) is 0 Å². The van der Waals surface area contributed by atoms with Crippen LogP contribution in [0.3, 0.4) is 0 Å². The summed E-state index contributed by atoms with van der Waals surface area (Å²) in [5.41, 5.74) is 3.89. The summed E-state index contributed by atoms with van der Waals surface area (Å²) in [5.74, 6) is -0.646. The molecule has 3 nitrogen and oxygen atoms in total. The SMILES string of the molecule is CC(/C=C/c1ccccc1F)=N\NC(=O)c1ccc(Cl)cc1. The fraction of sp³-hybridized carbons (Fsp3) is 0.0588. The van der Waals surface area contributed by atoms with Gasteiger partial charge in [-0.05, 0) is 43.3 Å². The number of carbonyl (C=O) groups is 1. The molecule has 0 heterocycles. The van der Waals surface area contributed by atoms with Gasteiger partial charge in [-0.3, -0.25) is 4.79 Å². The van der Waals surface area contributed by atoms with E-state index in [0.29, 0.717) is 21.9 Å². The number of nitrogens with zero attached hydrogens (tertiary/aromatic N) is 1. The van der Waals surface area contributed by atoms with Crippen molar-refractivity contribution in [3.63, 3.8) is 0 Å². The molecule has 0 aliphatic rings. The lowest BCUT2D eigenvalue weighted by molar-refractivity contribution is 0.0955. The first-order chi connectivity index (χ1) is 10.6. The predicted molar refractivity (Wildman–Crippen MR) is 87.5 cm³/mol. The standard InChI is InChI=1S/C17H14ClFN2O/c1-12(6-7-13-4-2-3-5-16(13)19)20-21-17(22)14-8-10-15(18)11-9-14/h2-11H,1H3,(H,21,22)/b7-6+,20-12+. The molecule has 5 heteroatoms. The minimum atomic E-state index is -0.338. The van der Waals surface area contributed by atoms with Crippen molar-refractivity contribution < 1.29 is 9.18 Å². The van der Waals surface area contributed by atoms with E-state index in [1.165, 1.54) is 6.07 Å². The van der Waals surface area contributed by atoms with Crippen molar-refractivity contribution in [1.29, 1.82) is 0 Å². The Bertz CT molecular complexity index is 724. The maximum Gasteiger partial charge on any atom is 0.271 e. The molecule has 2 aromatic carbocycles. The number of rotatable bonds is 4. The van der Waals surface area contributed by atoms with E-state index in [1.54, 1.807) is 61.5 Å². The largest absolute Gasteiger partial charge is 0.271 e. The predicted octanol–water partition coefficient (Wildman–Crippen LogP) is 4.30. The molecule has 0 atom stereocenters. The summed E-state index contributed by atoms with van der Waals surface area (Å²) in [6, 6.07) is 12.9. The van der Waals surface area contributed by atoms with Crippen molar-refractivity contribution in [1.82, 2.24) is 5.43 Å². The average molecular weight is 317 g/mol. The van der Waals surface area contributed by atoms with E-state index in [0.717, 1.165) is 0 Å². The summed E-state index contributed by atoms with van der Waals surface area (Å²) in [7, 11) is 0. The first kappa shape index (κ1) is 15.9. The van der Waals surface area contributed by atoms with Gasteiger partial charge in [0, 0.05) is 16.1 Å². The molecule has 112 valence electrons. The van der Waals surface area contributed by atoms with Crippen LogP contribution >= 0.6 is 11.6 Å². The number of benzene rings is 2. The molecule has 0 aliphatic carbocycles. The molecule has 0 radical (unpaired) electrons. The van der Waals surface area contributed by atoms with Crippen LogP contribution in [0, 0.1) is 5.82 Å². The molecule has 0 saturated carbocycles. The van der Waals surface area contributed by atoms with Crippen LogP contribution in [0.2, 0.25) is 5.02 Å². The van der Waals surface area contributed by atoms with Gasteiger partial charge in [0.15, 0.2) is 0 Å². The van der Waals surface area contributed by atoms with Gasteiger partial charge in [-0.25, -0.2) is 9.82 Å². The first-order valence-electron chi connectivity index (χ1n) is 6.59. The van der Waals surface area contributed by atoms with Crippen molar-refractivity contribution >= 4 is 29.3 Å². The zero-order valence-electron chi connectivity index (χ0n) is 11.9. The molecular formula is C17H14ClFN2O. The molecule has 1 N–H and O–H groups in total. The summed E-state index contributed by atoms with van der Waals surface area (Å²) in [5, 5.41) is 4.50. The Balaban J connectivity index is 1.99. The lowest BCUT2D eigenvalue weighted by Gasteiger charge is -2.01. The summed E-state index contributed by atoms with van der Waals surface area (Å²) in [6.07, 6.45) is 3.23. The van der Waals surface area contributed by atoms with Crippen LogP contribution in [-0.2, 0) is 0 Å². The van der Waals surface area contributed by atoms with Crippen molar-refractivity contribution in [2.24, 2.45) is 5.10 Å². The van der Waals surface area contributed by atoms with Gasteiger partial charge in [0.2, 0.25) is 0 Å². The van der Waals surface area contributed by atoms with E-state index in [2.05, 4.69) is 10.5 Å². The van der Waals surface area contributed by atoms with Crippen LogP contribution in [0.1, 0.15) is 22.8 Å². The van der Waals surface area contributed by atoms with Crippen molar-refractivity contribution in [2.45, 2.75) is 6.92 Å². The smallest absolute Gasteiger partial charge is 0.267 e. The zero-order valence-corrected chi connectivity index (χ0v) is 12.6. The molecule has 0 unspecified atom stereocenters. The van der Waals surface area contributed by atoms with Crippen LogP contribution < -0.4 is 5.43 Å². The second kappa shape index (κ2) is 7.52. The van der Waals surface area contributed by atoms with Gasteiger partial charge in [0.05, 0.1) is 5.71 Å². The maximum absolute atomic E-state index is 13.4. The third kappa shape index (κ3) is 4.53. The van der Waals surface area contributed by atoms with Gasteiger partial charge in [-0.15, -0.1) is 0 Å². The summed E-state index contributed by atoms with van der Waals surface area (Å²) in [6.45, 7) is 1.71. The molecule has 2 rings (SSSR count). The quantitative estimate of drug-likeness (QED) is 0.663. The Labute approximate surface area is 133 Å². The normalized spacial score (nSPS) is 11.7. The number of amides is 1. The first-order valence-corrected chi connectivity index (χ1v) is 6.97. The maximum atomic E-state index is 13.4. The topological polar surface area (TPSA) is 41.5 Å². The summed E-state index contributed by atoms with van der Waals surface area (Å²) >= 11 is 5.76. The van der Waals surface area contributed by atoms with Gasteiger partial charge < -0.3 is 0 Å². The van der Waals surface area contributed by atoms with Gasteiger partial charge in [0.25, 0.3) is 5.91 Å². The Morgan fingerprint density at radius 1 is 1.18 bits per heavy atom. The molecule has 0 aromatic heterocycles. The van der Waals surface area contributed by atoms with Gasteiger partial charge in [-0.1, -0.05) is 35.9 Å². The number of hydrogen-bond acceptors (Lipinski definition) is 2. The van der Waals surface area contributed by atoms with E-state index in [-0.39, 0.29) is 11.7 Å². The van der Waals surface area contributed by atoms with Crippen LogP contribution in [0.4, 0.5) is 4.39 Å². The number of nitrogens with one attached hydrogen (secondary N) is 1. The highest BCUT2D eigenvalue weighted by Crippen LogP contribution is 2.10. The van der Waals surface area contributed by atoms with E-state index in [9.17, 15) is 9.18 Å². The van der Waals surface area contributed by atoms with Crippen molar-refractivity contribution in [3.8, 4) is 0 Å². The number of hydrogen-bond donors (Lipinski definition) is 1. The monoisotopic (exact) mass is 316 g/mol. The fourth-order valence-corrected chi connectivity index (χ4v) is 1.79. The van der Waals surface area contributed by atoms with E-state index < -0.39 is 0 Å². The van der Waals surface area contributed by atoms with Crippen molar-refractivity contribution in [2.75, 3.05) is 0 Å². The van der Waals surface area contributed by atoms with Crippen LogP contribution in [0.25, 0.3) is 6.08 Å². The number of allylic oxidation sites excluding steroid dienone is 1. The third-order valence-electron chi connectivity index (χ3n) is 2.85. The highest BCUT2D eigenvalue weighted by molar-refractivity contribution is 6.30. The molecule has 0 spiro atoms. The van der Waals surface area contributed by atoms with E-state index >= 15 is 0 Å². The zero-order chi connectivity index (χ0) is 15.9. The minimum absolute atomic E-state index is 0.309. The Morgan fingerprint density at radius 2 is 1.86 bits per heavy atom. The van der Waals surface area contributed by atoms with Crippen LogP contribution in [-0.4, -0.2) is 11.6 Å². The lowest BCUT2D eigenvalue weighted by Crippen LogP contribution is -2.18. The van der Waals surface area contributed by atoms with Crippen molar-refractivity contribution in [3.05, 3.63) is 76.6 Å². The minimum Gasteiger partial charge on any atom is -0.267 e. The molecule has 1 amide bonds. The number of carbonyl (C=O) groups excluding carboxylic acids is 1. The lowest BCUT2D eigenvalue weighted by atomic mass is 10.2. The van der Waals surface area contributed by atoms with Gasteiger partial charge >= 0.3 is 0 Å². The molecular weight excluding hydrogens is 303 g/mol. The molecule has 0 bridgehead atoms. The average Bonchev–Trinajstić information content (AvgIpc) is 2.52. The Kier molecular flexibility index (Phi) is 5.44. The highest BCUT2D eigenvalue weighted by atomic mass is 35.5. The van der Waals surface area contributed by atoms with Crippen LogP contribution in [0.5, 0.6) is 0 Å². The van der Waals surface area contributed by atoms with Crippen LogP contribution in [0.15, 0.2) is 59.7 Å². The number of halogens is 2. The Hall–Kier alpha value is -2.46. The van der Waals surface area contributed by atoms with Gasteiger partial charge in [0.1, 0.15) is 5.82 Å². The summed E-state index contributed by atoms with van der Waals surface area (Å²) < 4.78 is 13.4. The third-order valence-corrected chi connectivity index (χ3v) is 3.10. The Morgan fingerprint density at radius 3 is 2.55 bits per heavy atom. The molecule has 0 fully saturated rings. The van der Waals surface area contributed by atoms with E-state index in [4.69, 9.17) is 11.6 Å². The second-order valence-electron chi connectivity index (χ2n) is 4.56. The number of hydrazone groups is 1. The molecule has 2 aromatic rings. The molecule has 0 aliphatic heterocycles.